The molecule has 0 saturated heterocycles. The number of nitrogens with zero attached hydrogens (tertiary/aromatic N) is 2. The van der Waals surface area contributed by atoms with Crippen LogP contribution in [-0.2, 0) is 11.3 Å². The van der Waals surface area contributed by atoms with Gasteiger partial charge in [-0.15, -0.1) is 11.3 Å². The van der Waals surface area contributed by atoms with Crippen molar-refractivity contribution in [3.8, 4) is 0 Å². The Morgan fingerprint density at radius 3 is 2.62 bits per heavy atom. The van der Waals surface area contributed by atoms with Gasteiger partial charge in [0.25, 0.3) is 5.91 Å². The van der Waals surface area contributed by atoms with Gasteiger partial charge in [0.2, 0.25) is 0 Å². The molecule has 0 N–H and O–H groups in total. The van der Waals surface area contributed by atoms with Crippen molar-refractivity contribution in [1.29, 1.82) is 0 Å². The first-order valence-electron chi connectivity index (χ1n) is 7.41. The lowest BCUT2D eigenvalue weighted by molar-refractivity contribution is -0.114. The van der Waals surface area contributed by atoms with Crippen LogP contribution in [0.5, 0.6) is 0 Å². The third-order valence-electron chi connectivity index (χ3n) is 3.38. The van der Waals surface area contributed by atoms with Gasteiger partial charge in [-0.05, 0) is 53.9 Å². The summed E-state index contributed by atoms with van der Waals surface area (Å²) in [7, 11) is 0. The Hall–Kier alpha value is -2.79. The van der Waals surface area contributed by atoms with E-state index in [9.17, 15) is 9.18 Å². The maximum Gasteiger partial charge on any atom is 0.251 e. The first-order valence-corrected chi connectivity index (χ1v) is 8.29. The lowest BCUT2D eigenvalue weighted by Gasteiger charge is -2.20. The van der Waals surface area contributed by atoms with Crippen LogP contribution in [0.4, 0.5) is 10.1 Å². The highest BCUT2D eigenvalue weighted by atomic mass is 32.1. The molecule has 3 rings (SSSR count). The highest BCUT2D eigenvalue weighted by Crippen LogP contribution is 2.21. The zero-order valence-electron chi connectivity index (χ0n) is 12.8. The Morgan fingerprint density at radius 1 is 1.12 bits per heavy atom. The van der Waals surface area contributed by atoms with E-state index in [0.717, 1.165) is 4.88 Å². The van der Waals surface area contributed by atoms with Crippen molar-refractivity contribution in [1.82, 2.24) is 4.98 Å². The quantitative estimate of drug-likeness (QED) is 0.641. The molecule has 0 atom stereocenters. The third-order valence-corrected chi connectivity index (χ3v) is 4.24. The normalized spacial score (nSPS) is 10.9. The highest BCUT2D eigenvalue weighted by molar-refractivity contribution is 7.09. The fraction of sp³-hybridized carbons (Fsp3) is 0.0526. The maximum atomic E-state index is 13.2. The number of anilines is 1. The zero-order chi connectivity index (χ0) is 16.8. The molecule has 0 saturated carbocycles. The highest BCUT2D eigenvalue weighted by Gasteiger charge is 2.14. The van der Waals surface area contributed by atoms with Gasteiger partial charge in [0.05, 0.1) is 12.2 Å². The Kier molecular flexibility index (Phi) is 5.13. The number of amides is 1. The third kappa shape index (κ3) is 4.14. The molecule has 3 aromatic rings. The average molecular weight is 338 g/mol. The molecule has 3 nitrogen and oxygen atoms in total. The van der Waals surface area contributed by atoms with Crippen LogP contribution >= 0.6 is 11.3 Å². The van der Waals surface area contributed by atoms with E-state index >= 15 is 0 Å². The standard InChI is InChI=1S/C19H15FN2OS/c20-15-6-9-17(10-7-15)22(14-18-5-3-13-24-18)19(23)11-8-16-4-1-2-12-21-16/h1-13H,14H2. The van der Waals surface area contributed by atoms with E-state index < -0.39 is 0 Å². The second kappa shape index (κ2) is 7.66. The van der Waals surface area contributed by atoms with E-state index in [1.807, 2.05) is 35.7 Å². The summed E-state index contributed by atoms with van der Waals surface area (Å²) in [5.74, 6) is -0.507. The Bertz CT molecular complexity index is 814. The van der Waals surface area contributed by atoms with Crippen LogP contribution in [0.15, 0.2) is 72.3 Å². The minimum atomic E-state index is -0.327. The summed E-state index contributed by atoms with van der Waals surface area (Å²) in [6.07, 6.45) is 4.83. The van der Waals surface area contributed by atoms with Crippen molar-refractivity contribution in [2.75, 3.05) is 4.90 Å². The lowest BCUT2D eigenvalue weighted by atomic mass is 10.2. The molecule has 0 aliphatic heterocycles. The minimum Gasteiger partial charge on any atom is -0.304 e. The first-order chi connectivity index (χ1) is 11.7. The summed E-state index contributed by atoms with van der Waals surface area (Å²) in [5, 5.41) is 1.96. The van der Waals surface area contributed by atoms with E-state index in [1.54, 1.807) is 40.6 Å². The van der Waals surface area contributed by atoms with Gasteiger partial charge in [0.1, 0.15) is 5.82 Å². The second-order valence-corrected chi connectivity index (χ2v) is 6.10. The fourth-order valence-corrected chi connectivity index (χ4v) is 2.89. The van der Waals surface area contributed by atoms with Crippen LogP contribution in [0, 0.1) is 5.82 Å². The smallest absolute Gasteiger partial charge is 0.251 e. The molecular formula is C19H15FN2OS. The molecule has 0 fully saturated rings. The zero-order valence-corrected chi connectivity index (χ0v) is 13.6. The Labute approximate surface area is 143 Å². The second-order valence-electron chi connectivity index (χ2n) is 5.07. The molecule has 0 radical (unpaired) electrons. The van der Waals surface area contributed by atoms with Crippen molar-refractivity contribution in [2.45, 2.75) is 6.54 Å². The monoisotopic (exact) mass is 338 g/mol. The molecule has 1 amide bonds. The number of carbonyl (C=O) groups is 1. The molecule has 120 valence electrons. The van der Waals surface area contributed by atoms with Crippen molar-refractivity contribution >= 4 is 29.0 Å². The Balaban J connectivity index is 1.84. The SMILES string of the molecule is O=C(C=Cc1ccccn1)N(Cc1cccs1)c1ccc(F)cc1. The molecule has 0 bridgehead atoms. The van der Waals surface area contributed by atoms with Crippen molar-refractivity contribution < 1.29 is 9.18 Å². The van der Waals surface area contributed by atoms with E-state index in [0.29, 0.717) is 17.9 Å². The summed E-state index contributed by atoms with van der Waals surface area (Å²) in [5.41, 5.74) is 1.36. The van der Waals surface area contributed by atoms with Crippen molar-refractivity contribution in [2.24, 2.45) is 0 Å². The fourth-order valence-electron chi connectivity index (χ4n) is 2.20. The number of halogens is 1. The summed E-state index contributed by atoms with van der Waals surface area (Å²) in [6.45, 7) is 0.439. The molecule has 0 aliphatic carbocycles. The number of thiophene rings is 1. The van der Waals surface area contributed by atoms with E-state index in [1.165, 1.54) is 18.2 Å². The van der Waals surface area contributed by atoms with Gasteiger partial charge in [-0.1, -0.05) is 12.1 Å². The lowest BCUT2D eigenvalue weighted by Crippen LogP contribution is -2.28. The molecule has 2 aromatic heterocycles. The summed E-state index contributed by atoms with van der Waals surface area (Å²) in [4.78, 5) is 19.5. The number of rotatable bonds is 5. The topological polar surface area (TPSA) is 33.2 Å². The predicted octanol–water partition coefficient (Wildman–Crippen LogP) is 4.53. The number of carbonyl (C=O) groups excluding carboxylic acids is 1. The first kappa shape index (κ1) is 16.1. The number of aromatic nitrogens is 1. The number of hydrogen-bond acceptors (Lipinski definition) is 3. The van der Waals surface area contributed by atoms with Gasteiger partial charge in [-0.25, -0.2) is 4.39 Å². The van der Waals surface area contributed by atoms with Gasteiger partial charge in [-0.2, -0.15) is 0 Å². The van der Waals surface area contributed by atoms with Gasteiger partial charge in [0, 0.05) is 22.8 Å². The largest absolute Gasteiger partial charge is 0.304 e. The summed E-state index contributed by atoms with van der Waals surface area (Å²) in [6, 6.07) is 15.3. The molecule has 2 heterocycles. The summed E-state index contributed by atoms with van der Waals surface area (Å²) < 4.78 is 13.2. The molecular weight excluding hydrogens is 323 g/mol. The molecule has 5 heteroatoms. The number of pyridine rings is 1. The van der Waals surface area contributed by atoms with Crippen LogP contribution in [0.1, 0.15) is 10.6 Å². The predicted molar refractivity (Wildman–Crippen MR) is 95.2 cm³/mol. The van der Waals surface area contributed by atoms with Crippen LogP contribution in [-0.4, -0.2) is 10.9 Å². The Morgan fingerprint density at radius 2 is 1.96 bits per heavy atom. The van der Waals surface area contributed by atoms with Crippen LogP contribution < -0.4 is 4.90 Å². The van der Waals surface area contributed by atoms with E-state index in [-0.39, 0.29) is 11.7 Å². The van der Waals surface area contributed by atoms with Crippen LogP contribution in [0.2, 0.25) is 0 Å². The van der Waals surface area contributed by atoms with E-state index in [4.69, 9.17) is 0 Å². The van der Waals surface area contributed by atoms with Gasteiger partial charge in [0.15, 0.2) is 0 Å². The molecule has 24 heavy (non-hydrogen) atoms. The number of benzene rings is 1. The maximum absolute atomic E-state index is 13.2. The van der Waals surface area contributed by atoms with Crippen LogP contribution in [0.25, 0.3) is 6.08 Å². The van der Waals surface area contributed by atoms with Crippen molar-refractivity contribution in [3.63, 3.8) is 0 Å². The van der Waals surface area contributed by atoms with Crippen molar-refractivity contribution in [3.05, 3.63) is 88.6 Å². The average Bonchev–Trinajstić information content (AvgIpc) is 3.13. The molecule has 1 aromatic carbocycles. The van der Waals surface area contributed by atoms with E-state index in [2.05, 4.69) is 4.98 Å². The van der Waals surface area contributed by atoms with Crippen LogP contribution in [0.3, 0.4) is 0 Å². The minimum absolute atomic E-state index is 0.180. The molecule has 0 aliphatic rings. The number of hydrogen-bond donors (Lipinski definition) is 0. The summed E-state index contributed by atoms with van der Waals surface area (Å²) >= 11 is 1.58. The van der Waals surface area contributed by atoms with Gasteiger partial charge < -0.3 is 4.90 Å². The van der Waals surface area contributed by atoms with Gasteiger partial charge >= 0.3 is 0 Å². The van der Waals surface area contributed by atoms with Gasteiger partial charge in [-0.3, -0.25) is 9.78 Å². The molecule has 0 spiro atoms. The molecule has 0 unspecified atom stereocenters.